The van der Waals surface area contributed by atoms with Crippen molar-refractivity contribution in [3.63, 3.8) is 0 Å². The van der Waals surface area contributed by atoms with Crippen molar-refractivity contribution in [2.75, 3.05) is 14.2 Å². The van der Waals surface area contributed by atoms with Gasteiger partial charge in [0.15, 0.2) is 11.4 Å². The molecule has 2 aromatic heterocycles. The molecule has 0 fully saturated rings. The molecule has 46 heavy (non-hydrogen) atoms. The second-order valence-electron chi connectivity index (χ2n) is 11.2. The van der Waals surface area contributed by atoms with Crippen molar-refractivity contribution in [1.29, 1.82) is 0 Å². The molecule has 2 heterocycles. The number of hydrogen-bond donors (Lipinski definition) is 2. The van der Waals surface area contributed by atoms with Gasteiger partial charge in [0.2, 0.25) is 11.8 Å². The summed E-state index contributed by atoms with van der Waals surface area (Å²) in [6.07, 6.45) is 6.90. The van der Waals surface area contributed by atoms with Gasteiger partial charge in [0.25, 0.3) is 11.8 Å². The zero-order valence-corrected chi connectivity index (χ0v) is 27.2. The number of methoxy groups -OCH3 is 2. The summed E-state index contributed by atoms with van der Waals surface area (Å²) in [6.45, 7) is 5.46. The van der Waals surface area contributed by atoms with Crippen LogP contribution in [0.25, 0.3) is 21.8 Å². The van der Waals surface area contributed by atoms with Crippen LogP contribution in [0.4, 0.5) is 11.4 Å². The summed E-state index contributed by atoms with van der Waals surface area (Å²) < 4.78 is 14.2. The molecule has 2 amide bonds. The van der Waals surface area contributed by atoms with Gasteiger partial charge in [-0.05, 0) is 62.1 Å². The van der Waals surface area contributed by atoms with Gasteiger partial charge in [0, 0.05) is 36.7 Å². The third-order valence-electron chi connectivity index (χ3n) is 7.96. The van der Waals surface area contributed by atoms with Crippen LogP contribution in [0.2, 0.25) is 0 Å². The number of ether oxygens (including phenoxy) is 2. The quantitative estimate of drug-likeness (QED) is 0.0876. The Morgan fingerprint density at radius 3 is 1.43 bits per heavy atom. The van der Waals surface area contributed by atoms with Crippen LogP contribution in [0.15, 0.2) is 56.9 Å². The molecule has 12 heteroatoms. The maximum Gasteiger partial charge on any atom is 0.264 e. The number of aryl methyl sites for hydroxylation is 2. The summed E-state index contributed by atoms with van der Waals surface area (Å²) in [4.78, 5) is 25.1. The Morgan fingerprint density at radius 2 is 1.07 bits per heavy atom. The van der Waals surface area contributed by atoms with Gasteiger partial charge in [-0.1, -0.05) is 39.5 Å². The number of amides is 2. The van der Waals surface area contributed by atoms with Crippen molar-refractivity contribution in [3.05, 3.63) is 36.4 Å². The summed E-state index contributed by atoms with van der Waals surface area (Å²) in [5, 5.41) is 39.1. The number of carbonyl (C=O) groups is 2. The van der Waals surface area contributed by atoms with Gasteiger partial charge in [0.1, 0.15) is 11.5 Å². The summed E-state index contributed by atoms with van der Waals surface area (Å²) in [6, 6.07) is 10.9. The number of benzene rings is 2. The van der Waals surface area contributed by atoms with E-state index >= 15 is 0 Å². The minimum Gasteiger partial charge on any atom is -0.497 e. The molecule has 0 atom stereocenters. The largest absolute Gasteiger partial charge is 0.497 e. The Hall–Kier alpha value is -4.74. The predicted octanol–water partition coefficient (Wildman–Crippen LogP) is 8.89. The molecule has 246 valence electrons. The highest BCUT2D eigenvalue weighted by Crippen LogP contribution is 2.42. The average Bonchev–Trinajstić information content (AvgIpc) is 3.48. The Balaban J connectivity index is 1.36. The fourth-order valence-corrected chi connectivity index (χ4v) is 5.41. The summed E-state index contributed by atoms with van der Waals surface area (Å²) in [5.41, 5.74) is 2.03. The normalized spacial score (nSPS) is 11.8. The zero-order valence-electron chi connectivity index (χ0n) is 27.2. The van der Waals surface area contributed by atoms with E-state index < -0.39 is 11.8 Å². The predicted molar refractivity (Wildman–Crippen MR) is 177 cm³/mol. The Bertz CT molecular complexity index is 1590. The smallest absolute Gasteiger partial charge is 0.264 e. The lowest BCUT2D eigenvalue weighted by molar-refractivity contribution is -0.120. The molecule has 0 aliphatic heterocycles. The third-order valence-corrected chi connectivity index (χ3v) is 7.96. The number of aromatic hydroxyl groups is 2. The Labute approximate surface area is 268 Å². The van der Waals surface area contributed by atoms with Gasteiger partial charge in [-0.25, -0.2) is 0 Å². The molecule has 4 rings (SSSR count). The molecular weight excluding hydrogens is 588 g/mol. The average molecular weight is 633 g/mol. The van der Waals surface area contributed by atoms with E-state index in [0.29, 0.717) is 48.2 Å². The van der Waals surface area contributed by atoms with Gasteiger partial charge in [-0.2, -0.15) is 0 Å². The van der Waals surface area contributed by atoms with Crippen molar-refractivity contribution in [2.24, 2.45) is 20.5 Å². The molecule has 12 nitrogen and oxygen atoms in total. The number of fused-ring (bicyclic) bond motifs is 2. The lowest BCUT2D eigenvalue weighted by Crippen LogP contribution is -1.97. The van der Waals surface area contributed by atoms with E-state index in [-0.39, 0.29) is 36.0 Å². The van der Waals surface area contributed by atoms with Crippen molar-refractivity contribution in [2.45, 2.75) is 91.1 Å². The first kappa shape index (κ1) is 34.1. The molecule has 2 aromatic carbocycles. The SMILES string of the molecule is CCCCCn1c(O)c(N=NC(=O)CCCCC(=O)N=Nc2c(O)n(CCCCC)c3ccc(OC)cc23)c2cc(OC)ccc21. The number of aromatic nitrogens is 2. The van der Waals surface area contributed by atoms with E-state index in [1.54, 1.807) is 35.5 Å². The topological polar surface area (TPSA) is 152 Å². The fourth-order valence-electron chi connectivity index (χ4n) is 5.41. The van der Waals surface area contributed by atoms with Crippen LogP contribution in [0.5, 0.6) is 23.3 Å². The van der Waals surface area contributed by atoms with E-state index in [1.165, 1.54) is 0 Å². The van der Waals surface area contributed by atoms with E-state index in [2.05, 4.69) is 34.3 Å². The number of carbonyl (C=O) groups excluding carboxylic acids is 2. The molecule has 0 bridgehead atoms. The van der Waals surface area contributed by atoms with Crippen LogP contribution < -0.4 is 9.47 Å². The van der Waals surface area contributed by atoms with Gasteiger partial charge < -0.3 is 28.8 Å². The number of hydrogen-bond acceptors (Lipinski definition) is 8. The van der Waals surface area contributed by atoms with Gasteiger partial charge in [-0.15, -0.1) is 20.5 Å². The molecule has 0 aliphatic rings. The van der Waals surface area contributed by atoms with Crippen LogP contribution in [0.3, 0.4) is 0 Å². The fraction of sp³-hybridized carbons (Fsp3) is 0.471. The zero-order chi connectivity index (χ0) is 33.1. The molecule has 0 spiro atoms. The minimum atomic E-state index is -0.460. The Kier molecular flexibility index (Phi) is 12.3. The highest BCUT2D eigenvalue weighted by molar-refractivity contribution is 5.97. The second kappa shape index (κ2) is 16.5. The maximum absolute atomic E-state index is 12.5. The molecule has 0 unspecified atom stereocenters. The van der Waals surface area contributed by atoms with Crippen LogP contribution in [0, 0.1) is 0 Å². The first-order valence-electron chi connectivity index (χ1n) is 16.0. The van der Waals surface area contributed by atoms with E-state index in [9.17, 15) is 19.8 Å². The highest BCUT2D eigenvalue weighted by Gasteiger charge is 2.19. The molecule has 0 radical (unpaired) electrons. The lowest BCUT2D eigenvalue weighted by Gasteiger charge is -2.06. The summed E-state index contributed by atoms with van der Waals surface area (Å²) >= 11 is 0. The molecule has 0 saturated carbocycles. The standard InChI is InChI=1S/C34H44N6O6/c1-5-7-11-19-39-27-17-15-23(45-3)21-25(27)31(33(39)43)37-35-29(41)13-9-10-14-30(42)36-38-32-26-22-24(46-4)16-18-28(26)40(34(32)44)20-12-8-6-2/h15-18,21-22,43-44H,5-14,19-20H2,1-4H3. The van der Waals surface area contributed by atoms with Crippen LogP contribution in [-0.4, -0.2) is 45.4 Å². The summed E-state index contributed by atoms with van der Waals surface area (Å²) in [5.74, 6) is 0.211. The summed E-state index contributed by atoms with van der Waals surface area (Å²) in [7, 11) is 3.12. The molecule has 0 saturated heterocycles. The number of nitrogens with zero attached hydrogens (tertiary/aromatic N) is 6. The monoisotopic (exact) mass is 632 g/mol. The molecular formula is C34H44N6O6. The van der Waals surface area contributed by atoms with Crippen molar-refractivity contribution >= 4 is 45.0 Å². The van der Waals surface area contributed by atoms with Gasteiger partial charge in [-0.3, -0.25) is 9.59 Å². The number of unbranched alkanes of at least 4 members (excludes halogenated alkanes) is 5. The van der Waals surface area contributed by atoms with E-state index in [1.807, 2.05) is 24.3 Å². The first-order chi connectivity index (χ1) is 22.3. The van der Waals surface area contributed by atoms with Crippen LogP contribution >= 0.6 is 0 Å². The van der Waals surface area contributed by atoms with Crippen molar-refractivity contribution < 1.29 is 29.3 Å². The van der Waals surface area contributed by atoms with E-state index in [0.717, 1.165) is 49.6 Å². The third kappa shape index (κ3) is 8.09. The van der Waals surface area contributed by atoms with Gasteiger partial charge >= 0.3 is 0 Å². The Morgan fingerprint density at radius 1 is 0.652 bits per heavy atom. The first-order valence-corrected chi connectivity index (χ1v) is 16.0. The van der Waals surface area contributed by atoms with Crippen LogP contribution in [-0.2, 0) is 22.7 Å². The minimum absolute atomic E-state index is 0.0413. The lowest BCUT2D eigenvalue weighted by atomic mass is 10.2. The van der Waals surface area contributed by atoms with Crippen molar-refractivity contribution in [1.82, 2.24) is 9.13 Å². The molecule has 2 N–H and O–H groups in total. The molecule has 4 aromatic rings. The second-order valence-corrected chi connectivity index (χ2v) is 11.2. The highest BCUT2D eigenvalue weighted by atomic mass is 16.5. The van der Waals surface area contributed by atoms with Gasteiger partial charge in [0.05, 0.1) is 25.3 Å². The number of rotatable bonds is 17. The van der Waals surface area contributed by atoms with Crippen molar-refractivity contribution in [3.8, 4) is 23.3 Å². The maximum atomic E-state index is 12.5. The van der Waals surface area contributed by atoms with Crippen LogP contribution in [0.1, 0.15) is 78.1 Å². The molecule has 0 aliphatic carbocycles. The number of azo groups is 2. The van der Waals surface area contributed by atoms with E-state index in [4.69, 9.17) is 9.47 Å².